The zero-order valence-corrected chi connectivity index (χ0v) is 22.7. The number of anilines is 1. The second kappa shape index (κ2) is 11.9. The topological polar surface area (TPSA) is 95.7 Å². The fourth-order valence-electron chi connectivity index (χ4n) is 4.23. The third-order valence-electron chi connectivity index (χ3n) is 6.13. The first kappa shape index (κ1) is 26.1. The molecule has 0 fully saturated rings. The van der Waals surface area contributed by atoms with E-state index in [9.17, 15) is 4.79 Å². The molecule has 200 valence electrons. The van der Waals surface area contributed by atoms with Crippen LogP contribution in [0, 0.1) is 0 Å². The van der Waals surface area contributed by atoms with Crippen molar-refractivity contribution in [2.24, 2.45) is 10.1 Å². The van der Waals surface area contributed by atoms with Crippen LogP contribution in [0.2, 0.25) is 0 Å². The van der Waals surface area contributed by atoms with E-state index in [4.69, 9.17) is 29.0 Å². The summed E-state index contributed by atoms with van der Waals surface area (Å²) in [5, 5.41) is 9.69. The number of rotatable bonds is 9. The minimum atomic E-state index is -0.187. The molecule has 1 N–H and O–H groups in total. The van der Waals surface area contributed by atoms with Crippen molar-refractivity contribution in [2.45, 2.75) is 6.42 Å². The number of fused-ring (bicyclic) bond motifs is 1. The smallest absolute Gasteiger partial charge is 0.262 e. The van der Waals surface area contributed by atoms with Gasteiger partial charge in [0.25, 0.3) is 5.91 Å². The van der Waals surface area contributed by atoms with E-state index in [2.05, 4.69) is 17.4 Å². The number of hydrogen-bond acceptors (Lipinski definition) is 8. The second-order valence-electron chi connectivity index (χ2n) is 8.55. The lowest BCUT2D eigenvalue weighted by Crippen LogP contribution is -2.25. The highest BCUT2D eigenvalue weighted by atomic mass is 32.1. The summed E-state index contributed by atoms with van der Waals surface area (Å²) < 4.78 is 23.9. The lowest BCUT2D eigenvalue weighted by molar-refractivity contribution is -0.118. The van der Waals surface area contributed by atoms with E-state index in [1.807, 2.05) is 47.8 Å². The number of hydrogen-bond donors (Lipinski definition) is 1. The molecule has 0 spiro atoms. The van der Waals surface area contributed by atoms with E-state index >= 15 is 0 Å². The van der Waals surface area contributed by atoms with Crippen molar-refractivity contribution in [3.63, 3.8) is 0 Å². The third kappa shape index (κ3) is 5.65. The molecular weight excluding hydrogens is 516 g/mol. The normalized spacial score (nSPS) is 13.1. The maximum Gasteiger partial charge on any atom is 0.262 e. The van der Waals surface area contributed by atoms with Gasteiger partial charge in [0.05, 0.1) is 38.9 Å². The monoisotopic (exact) mass is 544 g/mol. The molecule has 9 nitrogen and oxygen atoms in total. The second-order valence-corrected chi connectivity index (χ2v) is 9.39. The summed E-state index contributed by atoms with van der Waals surface area (Å²) in [7, 11) is 4.72. The molecule has 2 heterocycles. The van der Waals surface area contributed by atoms with Gasteiger partial charge in [-0.2, -0.15) is 5.10 Å². The van der Waals surface area contributed by atoms with Gasteiger partial charge in [-0.1, -0.05) is 30.3 Å². The third-order valence-corrected chi connectivity index (χ3v) is 6.98. The number of benzene rings is 3. The number of ether oxygens (including phenoxy) is 4. The Kier molecular flexibility index (Phi) is 7.93. The molecule has 1 aromatic heterocycles. The van der Waals surface area contributed by atoms with Gasteiger partial charge in [-0.05, 0) is 42.3 Å². The average Bonchev–Trinajstić information content (AvgIpc) is 3.37. The molecular formula is C29H28N4O5S. The molecule has 0 saturated carbocycles. The van der Waals surface area contributed by atoms with Crippen LogP contribution in [-0.2, 0) is 11.2 Å². The van der Waals surface area contributed by atoms with Gasteiger partial charge in [0.1, 0.15) is 5.75 Å². The molecule has 39 heavy (non-hydrogen) atoms. The molecule has 1 aliphatic rings. The number of carbonyl (C=O) groups is 1. The zero-order valence-electron chi connectivity index (χ0n) is 21.8. The van der Waals surface area contributed by atoms with E-state index in [0.29, 0.717) is 40.8 Å². The maximum absolute atomic E-state index is 11.9. The Morgan fingerprint density at radius 1 is 1.03 bits per heavy atom. The van der Waals surface area contributed by atoms with Crippen molar-refractivity contribution in [2.75, 3.05) is 39.8 Å². The van der Waals surface area contributed by atoms with Gasteiger partial charge < -0.3 is 24.3 Å². The van der Waals surface area contributed by atoms with Crippen LogP contribution < -0.4 is 29.1 Å². The van der Waals surface area contributed by atoms with Crippen LogP contribution in [-0.4, -0.2) is 51.3 Å². The summed E-state index contributed by atoms with van der Waals surface area (Å²) in [6.45, 7) is 0.611. The summed E-state index contributed by atoms with van der Waals surface area (Å²) in [5.74, 6) is 2.00. The molecule has 0 radical (unpaired) electrons. The van der Waals surface area contributed by atoms with Crippen molar-refractivity contribution in [3.8, 4) is 34.3 Å². The number of methoxy groups -OCH3 is 3. The van der Waals surface area contributed by atoms with Crippen LogP contribution in [0.3, 0.4) is 0 Å². The van der Waals surface area contributed by atoms with Gasteiger partial charge in [-0.25, -0.2) is 4.68 Å². The number of nitrogens with zero attached hydrogens (tertiary/aromatic N) is 3. The van der Waals surface area contributed by atoms with Crippen LogP contribution in [0.5, 0.6) is 23.0 Å². The van der Waals surface area contributed by atoms with Crippen LogP contribution in [0.4, 0.5) is 5.69 Å². The first-order valence-corrected chi connectivity index (χ1v) is 13.1. The SMILES string of the molecule is COc1ccc(C=Nn2c(-c3ccc4c(c3)NC(=O)CO4)csc2=NCCc2ccccc2)c(OC)c1OC. The highest BCUT2D eigenvalue weighted by molar-refractivity contribution is 7.07. The van der Waals surface area contributed by atoms with Crippen molar-refractivity contribution < 1.29 is 23.7 Å². The van der Waals surface area contributed by atoms with Crippen LogP contribution in [0.15, 0.2) is 76.1 Å². The van der Waals surface area contributed by atoms with E-state index in [1.165, 1.54) is 16.9 Å². The Balaban J connectivity index is 1.56. The fraction of sp³-hybridized carbons (Fsp3) is 0.207. The Morgan fingerprint density at radius 2 is 1.85 bits per heavy atom. The molecule has 4 aromatic rings. The molecule has 3 aromatic carbocycles. The molecule has 0 atom stereocenters. The zero-order chi connectivity index (χ0) is 27.2. The summed E-state index contributed by atoms with van der Waals surface area (Å²) >= 11 is 1.49. The molecule has 0 saturated heterocycles. The predicted octanol–water partition coefficient (Wildman–Crippen LogP) is 4.60. The number of thiazole rings is 1. The molecule has 0 unspecified atom stereocenters. The molecule has 10 heteroatoms. The Hall–Kier alpha value is -4.57. The van der Waals surface area contributed by atoms with Gasteiger partial charge in [0, 0.05) is 23.1 Å². The van der Waals surface area contributed by atoms with Crippen LogP contribution in [0.25, 0.3) is 11.3 Å². The first-order chi connectivity index (χ1) is 19.1. The van der Waals surface area contributed by atoms with Crippen molar-refractivity contribution in [1.29, 1.82) is 0 Å². The summed E-state index contributed by atoms with van der Waals surface area (Å²) in [5.41, 5.74) is 4.22. The standard InChI is InChI=1S/C29H28N4O5S/c1-35-25-12-10-21(27(36-2)28(25)37-3)16-31-33-23(20-9-11-24-22(15-20)32-26(34)17-38-24)18-39-29(33)30-14-13-19-7-5-4-6-8-19/h4-12,15-16,18H,13-14,17H2,1-3H3,(H,32,34). The van der Waals surface area contributed by atoms with Crippen LogP contribution in [0.1, 0.15) is 11.1 Å². The van der Waals surface area contributed by atoms with Crippen molar-refractivity contribution in [3.05, 3.63) is 82.0 Å². The lowest BCUT2D eigenvalue weighted by Gasteiger charge is -2.18. The van der Waals surface area contributed by atoms with Crippen molar-refractivity contribution >= 4 is 29.1 Å². The first-order valence-electron chi connectivity index (χ1n) is 12.3. The number of amides is 1. The van der Waals surface area contributed by atoms with Gasteiger partial charge in [-0.3, -0.25) is 9.79 Å². The van der Waals surface area contributed by atoms with Crippen LogP contribution >= 0.6 is 11.3 Å². The Labute approximate surface area is 230 Å². The quantitative estimate of drug-likeness (QED) is 0.311. The van der Waals surface area contributed by atoms with Crippen molar-refractivity contribution in [1.82, 2.24) is 4.68 Å². The largest absolute Gasteiger partial charge is 0.493 e. The Bertz CT molecular complexity index is 1580. The highest BCUT2D eigenvalue weighted by Crippen LogP contribution is 2.39. The summed E-state index contributed by atoms with van der Waals surface area (Å²) in [4.78, 5) is 17.5. The van der Waals surface area contributed by atoms with Gasteiger partial charge in [0.2, 0.25) is 10.6 Å². The summed E-state index contributed by atoms with van der Waals surface area (Å²) in [6.07, 6.45) is 2.51. The van der Waals surface area contributed by atoms with E-state index in [0.717, 1.165) is 22.5 Å². The number of aromatic nitrogens is 1. The molecule has 5 rings (SSSR count). The van der Waals surface area contributed by atoms with Gasteiger partial charge in [0.15, 0.2) is 18.1 Å². The Morgan fingerprint density at radius 3 is 2.62 bits per heavy atom. The minimum absolute atomic E-state index is 0.00664. The lowest BCUT2D eigenvalue weighted by atomic mass is 10.1. The molecule has 0 aliphatic carbocycles. The molecule has 0 bridgehead atoms. The van der Waals surface area contributed by atoms with E-state index in [-0.39, 0.29) is 12.5 Å². The highest BCUT2D eigenvalue weighted by Gasteiger charge is 2.18. The maximum atomic E-state index is 11.9. The van der Waals surface area contributed by atoms with Gasteiger partial charge in [-0.15, -0.1) is 11.3 Å². The average molecular weight is 545 g/mol. The number of carbonyl (C=O) groups excluding carboxylic acids is 1. The predicted molar refractivity (Wildman–Crippen MR) is 152 cm³/mol. The summed E-state index contributed by atoms with van der Waals surface area (Å²) in [6, 6.07) is 19.6. The number of nitrogens with one attached hydrogen (secondary N) is 1. The molecule has 1 aliphatic heterocycles. The molecule has 1 amide bonds. The fourth-order valence-corrected chi connectivity index (χ4v) is 5.10. The van der Waals surface area contributed by atoms with Gasteiger partial charge >= 0.3 is 0 Å². The minimum Gasteiger partial charge on any atom is -0.493 e. The van der Waals surface area contributed by atoms with E-state index < -0.39 is 0 Å². The van der Waals surface area contributed by atoms with E-state index in [1.54, 1.807) is 38.3 Å².